The van der Waals surface area contributed by atoms with Crippen molar-refractivity contribution in [3.63, 3.8) is 0 Å². The van der Waals surface area contributed by atoms with E-state index in [0.717, 1.165) is 53.8 Å². The van der Waals surface area contributed by atoms with E-state index in [4.69, 9.17) is 11.6 Å². The molecule has 0 saturated heterocycles. The molecule has 0 atom stereocenters. The monoisotopic (exact) mass is 451 g/mol. The third-order valence-electron chi connectivity index (χ3n) is 5.45. The van der Waals surface area contributed by atoms with Crippen LogP contribution in [0.4, 0.5) is 0 Å². The first-order chi connectivity index (χ1) is 15.6. The van der Waals surface area contributed by atoms with E-state index < -0.39 is 0 Å². The molecule has 8 nitrogen and oxygen atoms in total. The number of aromatic amines is 1. The van der Waals surface area contributed by atoms with Crippen LogP contribution in [0.1, 0.15) is 44.4 Å². The van der Waals surface area contributed by atoms with Crippen molar-refractivity contribution in [3.8, 4) is 22.6 Å². The van der Waals surface area contributed by atoms with Crippen LogP contribution in [0.15, 0.2) is 47.4 Å². The van der Waals surface area contributed by atoms with Gasteiger partial charge >= 0.3 is 5.69 Å². The number of aromatic nitrogens is 7. The van der Waals surface area contributed by atoms with Crippen molar-refractivity contribution in [1.29, 1.82) is 0 Å². The molecule has 0 aliphatic rings. The Hall–Kier alpha value is -3.26. The zero-order valence-corrected chi connectivity index (χ0v) is 19.0. The second-order valence-electron chi connectivity index (χ2n) is 7.71. The van der Waals surface area contributed by atoms with Crippen molar-refractivity contribution in [2.24, 2.45) is 0 Å². The molecule has 4 rings (SSSR count). The predicted octanol–water partition coefficient (Wildman–Crippen LogP) is 4.35. The quantitative estimate of drug-likeness (QED) is 0.408. The molecule has 0 unspecified atom stereocenters. The molecule has 0 bridgehead atoms. The Morgan fingerprint density at radius 2 is 1.84 bits per heavy atom. The lowest BCUT2D eigenvalue weighted by Gasteiger charge is -2.09. The lowest BCUT2D eigenvalue weighted by Crippen LogP contribution is -2.25. The van der Waals surface area contributed by atoms with Gasteiger partial charge in [-0.3, -0.25) is 14.1 Å². The molecule has 0 aliphatic carbocycles. The van der Waals surface area contributed by atoms with Crippen LogP contribution < -0.4 is 5.69 Å². The van der Waals surface area contributed by atoms with Gasteiger partial charge in [-0.25, -0.2) is 9.89 Å². The summed E-state index contributed by atoms with van der Waals surface area (Å²) in [7, 11) is 0. The molecule has 1 N–H and O–H groups in total. The molecule has 0 spiro atoms. The van der Waals surface area contributed by atoms with Crippen LogP contribution in [-0.2, 0) is 19.5 Å². The molecular formula is C23H26ClN7O. The van der Waals surface area contributed by atoms with E-state index in [1.165, 1.54) is 0 Å². The molecule has 0 amide bonds. The summed E-state index contributed by atoms with van der Waals surface area (Å²) in [6, 6.07) is 11.8. The summed E-state index contributed by atoms with van der Waals surface area (Å²) in [6.45, 7) is 5.27. The summed E-state index contributed by atoms with van der Waals surface area (Å²) in [5, 5.41) is 14.7. The molecule has 0 aliphatic heterocycles. The maximum atomic E-state index is 13.1. The number of pyridine rings is 1. The van der Waals surface area contributed by atoms with Crippen LogP contribution in [0.3, 0.4) is 0 Å². The standard InChI is InChI=1S/C23H26ClN7O/c1-3-5-13-30-21(24)20(8-4-2)31(23(30)32)15-16-11-12-19(25-14-16)17-9-6-7-10-18(17)22-26-28-29-27-22/h6-7,9-12,14H,3-5,8,13,15H2,1-2H3,(H,26,27,28,29). The number of H-pyrrole nitrogens is 1. The molecule has 32 heavy (non-hydrogen) atoms. The van der Waals surface area contributed by atoms with Crippen molar-refractivity contribution in [1.82, 2.24) is 34.7 Å². The smallest absolute Gasteiger partial charge is 0.290 e. The molecule has 4 aromatic rings. The zero-order valence-electron chi connectivity index (χ0n) is 18.3. The van der Waals surface area contributed by atoms with Crippen molar-refractivity contribution in [2.75, 3.05) is 0 Å². The summed E-state index contributed by atoms with van der Waals surface area (Å²) in [5.74, 6) is 0.588. The second-order valence-corrected chi connectivity index (χ2v) is 8.07. The first-order valence-electron chi connectivity index (χ1n) is 10.9. The Bertz CT molecular complexity index is 1230. The number of hydrogen-bond acceptors (Lipinski definition) is 5. The molecule has 0 radical (unpaired) electrons. The molecule has 9 heteroatoms. The van der Waals surface area contributed by atoms with Gasteiger partial charge < -0.3 is 0 Å². The van der Waals surface area contributed by atoms with Gasteiger partial charge in [0.15, 0.2) is 5.82 Å². The summed E-state index contributed by atoms with van der Waals surface area (Å²) in [5.41, 5.74) is 4.38. The van der Waals surface area contributed by atoms with Crippen molar-refractivity contribution < 1.29 is 0 Å². The molecule has 1 aromatic carbocycles. The highest BCUT2D eigenvalue weighted by atomic mass is 35.5. The van der Waals surface area contributed by atoms with Gasteiger partial charge in [0.2, 0.25) is 0 Å². The minimum absolute atomic E-state index is 0.0564. The van der Waals surface area contributed by atoms with Gasteiger partial charge in [0, 0.05) is 23.9 Å². The number of unbranched alkanes of at least 4 members (excludes halogenated alkanes) is 1. The van der Waals surface area contributed by atoms with Gasteiger partial charge in [0.1, 0.15) is 5.15 Å². The third-order valence-corrected chi connectivity index (χ3v) is 5.88. The Labute approximate surface area is 191 Å². The van der Waals surface area contributed by atoms with Gasteiger partial charge in [-0.2, -0.15) is 0 Å². The highest BCUT2D eigenvalue weighted by molar-refractivity contribution is 6.30. The number of benzene rings is 1. The molecule has 3 aromatic heterocycles. The molecule has 3 heterocycles. The highest BCUT2D eigenvalue weighted by Crippen LogP contribution is 2.28. The maximum Gasteiger partial charge on any atom is 0.329 e. The van der Waals surface area contributed by atoms with Crippen molar-refractivity contribution >= 4 is 11.6 Å². The summed E-state index contributed by atoms with van der Waals surface area (Å²) < 4.78 is 3.48. The molecule has 166 valence electrons. The second kappa shape index (κ2) is 9.91. The number of halogens is 1. The topological polar surface area (TPSA) is 94.3 Å². The van der Waals surface area contributed by atoms with Gasteiger partial charge in [-0.05, 0) is 34.9 Å². The number of rotatable bonds is 9. The summed E-state index contributed by atoms with van der Waals surface area (Å²) >= 11 is 6.59. The average Bonchev–Trinajstić information content (AvgIpc) is 3.43. The number of nitrogens with zero attached hydrogens (tertiary/aromatic N) is 6. The predicted molar refractivity (Wildman–Crippen MR) is 125 cm³/mol. The van der Waals surface area contributed by atoms with Crippen LogP contribution >= 0.6 is 11.6 Å². The van der Waals surface area contributed by atoms with Gasteiger partial charge in [0.25, 0.3) is 0 Å². The zero-order chi connectivity index (χ0) is 22.5. The van der Waals surface area contributed by atoms with Crippen LogP contribution in [-0.4, -0.2) is 34.7 Å². The minimum Gasteiger partial charge on any atom is -0.290 e. The molecular weight excluding hydrogens is 426 g/mol. The average molecular weight is 452 g/mol. The lowest BCUT2D eigenvalue weighted by atomic mass is 10.0. The van der Waals surface area contributed by atoms with E-state index in [1.807, 2.05) is 42.6 Å². The Kier molecular flexibility index (Phi) is 6.80. The maximum absolute atomic E-state index is 13.1. The van der Waals surface area contributed by atoms with Crippen molar-refractivity contribution in [3.05, 3.63) is 69.5 Å². The fraction of sp³-hybridized carbons (Fsp3) is 0.348. The van der Waals surface area contributed by atoms with Gasteiger partial charge in [0.05, 0.1) is 17.9 Å². The normalized spacial score (nSPS) is 11.2. The third kappa shape index (κ3) is 4.36. The highest BCUT2D eigenvalue weighted by Gasteiger charge is 2.18. The van der Waals surface area contributed by atoms with Crippen LogP contribution in [0.2, 0.25) is 5.15 Å². The van der Waals surface area contributed by atoms with Gasteiger partial charge in [-0.1, -0.05) is 68.6 Å². The summed E-state index contributed by atoms with van der Waals surface area (Å²) in [4.78, 5) is 17.7. The number of tetrazole rings is 1. The van der Waals surface area contributed by atoms with Crippen molar-refractivity contribution in [2.45, 2.75) is 52.6 Å². The Morgan fingerprint density at radius 1 is 1.03 bits per heavy atom. The van der Waals surface area contributed by atoms with E-state index in [0.29, 0.717) is 24.1 Å². The fourth-order valence-corrected chi connectivity index (χ4v) is 4.16. The largest absolute Gasteiger partial charge is 0.329 e. The van der Waals surface area contributed by atoms with E-state index >= 15 is 0 Å². The first-order valence-corrected chi connectivity index (χ1v) is 11.3. The van der Waals surface area contributed by atoms with E-state index in [2.05, 4.69) is 39.5 Å². The molecule has 0 fully saturated rings. The van der Waals surface area contributed by atoms with E-state index in [9.17, 15) is 4.79 Å². The number of nitrogens with one attached hydrogen (secondary N) is 1. The number of hydrogen-bond donors (Lipinski definition) is 1. The van der Waals surface area contributed by atoms with Crippen LogP contribution in [0, 0.1) is 0 Å². The van der Waals surface area contributed by atoms with E-state index in [-0.39, 0.29) is 5.69 Å². The Balaban J connectivity index is 1.64. The molecule has 0 saturated carbocycles. The van der Waals surface area contributed by atoms with Crippen LogP contribution in [0.5, 0.6) is 0 Å². The minimum atomic E-state index is -0.0564. The first kappa shape index (κ1) is 22.0. The van der Waals surface area contributed by atoms with E-state index in [1.54, 1.807) is 9.13 Å². The lowest BCUT2D eigenvalue weighted by molar-refractivity contribution is 0.592. The van der Waals surface area contributed by atoms with Crippen LogP contribution in [0.25, 0.3) is 22.6 Å². The Morgan fingerprint density at radius 3 is 2.50 bits per heavy atom. The van der Waals surface area contributed by atoms with Gasteiger partial charge in [-0.15, -0.1) is 5.10 Å². The SMILES string of the molecule is CCCCn1c(Cl)c(CCC)n(Cc2ccc(-c3ccccc3-c3nnn[nH]3)nc2)c1=O. The summed E-state index contributed by atoms with van der Waals surface area (Å²) in [6.07, 6.45) is 5.42. The number of imidazole rings is 1. The fourth-order valence-electron chi connectivity index (χ4n) is 3.81.